The number of nitrogens with one attached hydrogen (secondary N) is 1. The summed E-state index contributed by atoms with van der Waals surface area (Å²) in [5.74, 6) is 0.716. The zero-order valence-electron chi connectivity index (χ0n) is 10.6. The van der Waals surface area contributed by atoms with Gasteiger partial charge in [0.25, 0.3) is 0 Å². The van der Waals surface area contributed by atoms with Gasteiger partial charge < -0.3 is 15.0 Å². The standard InChI is InChI=1S/C14H18N2O2/c1-3-8-16-10-13(17)15-14-11(16)6-5-7-12(14)18-9-4-2/h3,5-7H,1,4,8-10H2,2H3,(H,15,17). The SMILES string of the molecule is C=CCN1CC(=O)Nc2c(OCCC)cccc21. The van der Waals surface area contributed by atoms with Crippen LogP contribution in [0.5, 0.6) is 5.75 Å². The molecule has 2 rings (SSSR count). The normalized spacial score (nSPS) is 13.8. The summed E-state index contributed by atoms with van der Waals surface area (Å²) in [6, 6.07) is 5.81. The number of anilines is 2. The van der Waals surface area contributed by atoms with Gasteiger partial charge in [0.15, 0.2) is 0 Å². The van der Waals surface area contributed by atoms with Crippen LogP contribution in [0.25, 0.3) is 0 Å². The highest BCUT2D eigenvalue weighted by atomic mass is 16.5. The molecule has 0 fully saturated rings. The Labute approximate surface area is 107 Å². The molecular weight excluding hydrogens is 228 g/mol. The van der Waals surface area contributed by atoms with E-state index in [2.05, 4.69) is 18.8 Å². The molecule has 4 nitrogen and oxygen atoms in total. The third-order valence-corrected chi connectivity index (χ3v) is 2.75. The number of para-hydroxylation sites is 1. The van der Waals surface area contributed by atoms with Crippen LogP contribution < -0.4 is 15.0 Å². The van der Waals surface area contributed by atoms with Crippen LogP contribution in [0.15, 0.2) is 30.9 Å². The zero-order valence-corrected chi connectivity index (χ0v) is 10.6. The van der Waals surface area contributed by atoms with Crippen LogP contribution in [0, 0.1) is 0 Å². The Kier molecular flexibility index (Phi) is 3.87. The smallest absolute Gasteiger partial charge is 0.244 e. The molecule has 0 unspecified atom stereocenters. The Morgan fingerprint density at radius 2 is 2.39 bits per heavy atom. The molecule has 0 saturated heterocycles. The van der Waals surface area contributed by atoms with Gasteiger partial charge in [-0.05, 0) is 18.6 Å². The quantitative estimate of drug-likeness (QED) is 0.811. The molecule has 0 saturated carbocycles. The lowest BCUT2D eigenvalue weighted by atomic mass is 10.1. The van der Waals surface area contributed by atoms with Crippen LogP contribution in [0.2, 0.25) is 0 Å². The Bertz CT molecular complexity index is 457. The average molecular weight is 246 g/mol. The van der Waals surface area contributed by atoms with Crippen molar-refractivity contribution in [2.45, 2.75) is 13.3 Å². The first-order valence-corrected chi connectivity index (χ1v) is 6.17. The number of hydrogen-bond acceptors (Lipinski definition) is 3. The molecule has 0 atom stereocenters. The monoisotopic (exact) mass is 246 g/mol. The van der Waals surface area contributed by atoms with E-state index in [1.807, 2.05) is 23.1 Å². The molecule has 1 amide bonds. The fourth-order valence-electron chi connectivity index (χ4n) is 2.00. The lowest BCUT2D eigenvalue weighted by Gasteiger charge is -2.31. The maximum atomic E-state index is 11.7. The van der Waals surface area contributed by atoms with Gasteiger partial charge in [0.1, 0.15) is 11.4 Å². The Hall–Kier alpha value is -1.97. The molecule has 1 heterocycles. The molecule has 96 valence electrons. The Balaban J connectivity index is 2.34. The maximum Gasteiger partial charge on any atom is 0.244 e. The van der Waals surface area contributed by atoms with Crippen LogP contribution in [-0.4, -0.2) is 25.6 Å². The van der Waals surface area contributed by atoms with Gasteiger partial charge in [-0.15, -0.1) is 6.58 Å². The molecule has 0 bridgehead atoms. The van der Waals surface area contributed by atoms with E-state index in [0.29, 0.717) is 19.7 Å². The van der Waals surface area contributed by atoms with Crippen LogP contribution in [-0.2, 0) is 4.79 Å². The summed E-state index contributed by atoms with van der Waals surface area (Å²) < 4.78 is 5.66. The number of carbonyl (C=O) groups excluding carboxylic acids is 1. The van der Waals surface area contributed by atoms with Crippen molar-refractivity contribution in [2.75, 3.05) is 29.9 Å². The molecule has 4 heteroatoms. The van der Waals surface area contributed by atoms with Crippen molar-refractivity contribution < 1.29 is 9.53 Å². The van der Waals surface area contributed by atoms with Gasteiger partial charge in [0, 0.05) is 6.54 Å². The lowest BCUT2D eigenvalue weighted by Crippen LogP contribution is -2.38. The third kappa shape index (κ3) is 2.47. The van der Waals surface area contributed by atoms with Crippen LogP contribution >= 0.6 is 0 Å². The number of rotatable bonds is 5. The second kappa shape index (κ2) is 5.58. The van der Waals surface area contributed by atoms with Crippen molar-refractivity contribution in [1.82, 2.24) is 0 Å². The summed E-state index contributed by atoms with van der Waals surface area (Å²) >= 11 is 0. The number of fused-ring (bicyclic) bond motifs is 1. The Morgan fingerprint density at radius 3 is 3.11 bits per heavy atom. The second-order valence-corrected chi connectivity index (χ2v) is 4.22. The van der Waals surface area contributed by atoms with Gasteiger partial charge in [0.2, 0.25) is 5.91 Å². The molecule has 0 aromatic heterocycles. The van der Waals surface area contributed by atoms with Crippen molar-refractivity contribution in [3.05, 3.63) is 30.9 Å². The molecule has 1 aliphatic rings. The minimum atomic E-state index is -0.0168. The number of nitrogens with zero attached hydrogens (tertiary/aromatic N) is 1. The number of amides is 1. The molecule has 1 aromatic rings. The van der Waals surface area contributed by atoms with Gasteiger partial charge >= 0.3 is 0 Å². The van der Waals surface area contributed by atoms with Crippen LogP contribution in [0.3, 0.4) is 0 Å². The van der Waals surface area contributed by atoms with Crippen molar-refractivity contribution in [3.63, 3.8) is 0 Å². The van der Waals surface area contributed by atoms with E-state index in [0.717, 1.165) is 23.5 Å². The fraction of sp³-hybridized carbons (Fsp3) is 0.357. The van der Waals surface area contributed by atoms with E-state index in [4.69, 9.17) is 4.74 Å². The molecule has 0 spiro atoms. The molecule has 1 aliphatic heterocycles. The zero-order chi connectivity index (χ0) is 13.0. The van der Waals surface area contributed by atoms with E-state index >= 15 is 0 Å². The average Bonchev–Trinajstić information content (AvgIpc) is 2.36. The van der Waals surface area contributed by atoms with Crippen molar-refractivity contribution in [2.24, 2.45) is 0 Å². The van der Waals surface area contributed by atoms with Crippen LogP contribution in [0.1, 0.15) is 13.3 Å². The number of ether oxygens (including phenoxy) is 1. The fourth-order valence-corrected chi connectivity index (χ4v) is 2.00. The molecule has 0 aliphatic carbocycles. The molecule has 0 radical (unpaired) electrons. The number of hydrogen-bond donors (Lipinski definition) is 1. The minimum absolute atomic E-state index is 0.0168. The number of carbonyl (C=O) groups is 1. The summed E-state index contributed by atoms with van der Waals surface area (Å²) in [4.78, 5) is 13.7. The summed E-state index contributed by atoms with van der Waals surface area (Å²) in [5, 5.41) is 2.89. The third-order valence-electron chi connectivity index (χ3n) is 2.75. The van der Waals surface area contributed by atoms with E-state index in [1.54, 1.807) is 6.08 Å². The van der Waals surface area contributed by atoms with E-state index < -0.39 is 0 Å². The molecular formula is C14H18N2O2. The number of benzene rings is 1. The summed E-state index contributed by atoms with van der Waals surface area (Å²) in [7, 11) is 0. The largest absolute Gasteiger partial charge is 0.491 e. The van der Waals surface area contributed by atoms with Crippen molar-refractivity contribution in [1.29, 1.82) is 0 Å². The molecule has 1 N–H and O–H groups in total. The van der Waals surface area contributed by atoms with Crippen LogP contribution in [0.4, 0.5) is 11.4 Å². The first-order chi connectivity index (χ1) is 8.76. The van der Waals surface area contributed by atoms with Crippen molar-refractivity contribution in [3.8, 4) is 5.75 Å². The van der Waals surface area contributed by atoms with E-state index in [-0.39, 0.29) is 5.91 Å². The summed E-state index contributed by atoms with van der Waals surface area (Å²) in [5.41, 5.74) is 1.76. The first-order valence-electron chi connectivity index (χ1n) is 6.17. The molecule has 1 aromatic carbocycles. The highest BCUT2D eigenvalue weighted by Gasteiger charge is 2.23. The maximum absolute atomic E-state index is 11.7. The predicted octanol–water partition coefficient (Wildman–Crippen LogP) is 2.42. The summed E-state index contributed by atoms with van der Waals surface area (Å²) in [6.45, 7) is 7.43. The first kappa shape index (κ1) is 12.5. The second-order valence-electron chi connectivity index (χ2n) is 4.22. The van der Waals surface area contributed by atoms with E-state index in [9.17, 15) is 4.79 Å². The highest BCUT2D eigenvalue weighted by Crippen LogP contribution is 2.37. The van der Waals surface area contributed by atoms with Gasteiger partial charge in [-0.25, -0.2) is 0 Å². The van der Waals surface area contributed by atoms with Crippen molar-refractivity contribution >= 4 is 17.3 Å². The van der Waals surface area contributed by atoms with Gasteiger partial charge in [-0.1, -0.05) is 19.1 Å². The predicted molar refractivity (Wildman–Crippen MR) is 73.3 cm³/mol. The highest BCUT2D eigenvalue weighted by molar-refractivity contribution is 6.03. The molecule has 18 heavy (non-hydrogen) atoms. The lowest BCUT2D eigenvalue weighted by molar-refractivity contribution is -0.115. The van der Waals surface area contributed by atoms with Gasteiger partial charge in [0.05, 0.1) is 18.8 Å². The van der Waals surface area contributed by atoms with E-state index in [1.165, 1.54) is 0 Å². The van der Waals surface area contributed by atoms with Gasteiger partial charge in [-0.3, -0.25) is 4.79 Å². The topological polar surface area (TPSA) is 41.6 Å². The van der Waals surface area contributed by atoms with Gasteiger partial charge in [-0.2, -0.15) is 0 Å². The summed E-state index contributed by atoms with van der Waals surface area (Å²) in [6.07, 6.45) is 2.73. The Morgan fingerprint density at radius 1 is 1.56 bits per heavy atom. The minimum Gasteiger partial charge on any atom is -0.491 e.